The van der Waals surface area contributed by atoms with E-state index < -0.39 is 6.10 Å². The Morgan fingerprint density at radius 3 is 2.79 bits per heavy atom. The summed E-state index contributed by atoms with van der Waals surface area (Å²) >= 11 is 0. The lowest BCUT2D eigenvalue weighted by atomic mass is 10.2. The van der Waals surface area contributed by atoms with Gasteiger partial charge in [-0.1, -0.05) is 19.8 Å². The molecule has 0 spiro atoms. The number of hydrogen-bond acceptors (Lipinski definition) is 4. The minimum atomic E-state index is -0.404. The van der Waals surface area contributed by atoms with Crippen molar-refractivity contribution >= 4 is 11.7 Å². The Kier molecular flexibility index (Phi) is 5.59. The van der Waals surface area contributed by atoms with Crippen molar-refractivity contribution < 1.29 is 9.53 Å². The number of nitrogens with one attached hydrogen (secondary N) is 1. The minimum Gasteiger partial charge on any atom is -0.365 e. The van der Waals surface area contributed by atoms with Gasteiger partial charge in [-0.3, -0.25) is 14.5 Å². The summed E-state index contributed by atoms with van der Waals surface area (Å²) in [5, 5.41) is 7.27. The molecule has 1 fully saturated rings. The largest absolute Gasteiger partial charge is 0.365 e. The molecule has 1 aliphatic rings. The monoisotopic (exact) mass is 328 g/mol. The number of carbonyl (C=O) groups is 1. The fourth-order valence-electron chi connectivity index (χ4n) is 3.00. The Morgan fingerprint density at radius 2 is 2.08 bits per heavy atom. The zero-order chi connectivity index (χ0) is 16.8. The zero-order valence-corrected chi connectivity index (χ0v) is 14.0. The second kappa shape index (κ2) is 8.06. The SMILES string of the molecule is CC[C@@H](OC1CCCC1)C(=O)Nc1ccn(Cc2ccncc2)n1. The third-order valence-electron chi connectivity index (χ3n) is 4.31. The maximum atomic E-state index is 12.4. The third kappa shape index (κ3) is 4.41. The van der Waals surface area contributed by atoms with Crippen LogP contribution in [0.5, 0.6) is 0 Å². The molecular weight excluding hydrogens is 304 g/mol. The van der Waals surface area contributed by atoms with E-state index in [-0.39, 0.29) is 12.0 Å². The number of aromatic nitrogens is 3. The van der Waals surface area contributed by atoms with Crippen LogP contribution in [0, 0.1) is 0 Å². The second-order valence-corrected chi connectivity index (χ2v) is 6.18. The van der Waals surface area contributed by atoms with E-state index in [1.165, 1.54) is 12.8 Å². The molecule has 6 nitrogen and oxygen atoms in total. The van der Waals surface area contributed by atoms with Gasteiger partial charge in [-0.2, -0.15) is 5.10 Å². The molecule has 2 aromatic rings. The highest BCUT2D eigenvalue weighted by atomic mass is 16.5. The predicted octanol–water partition coefficient (Wildman–Crippen LogP) is 3.00. The van der Waals surface area contributed by atoms with Crippen LogP contribution in [0.15, 0.2) is 36.8 Å². The number of ether oxygens (including phenoxy) is 1. The van der Waals surface area contributed by atoms with E-state index in [1.54, 1.807) is 23.1 Å². The van der Waals surface area contributed by atoms with Gasteiger partial charge in [0.25, 0.3) is 5.91 Å². The molecule has 1 amide bonds. The molecule has 0 saturated heterocycles. The van der Waals surface area contributed by atoms with Gasteiger partial charge in [-0.25, -0.2) is 0 Å². The van der Waals surface area contributed by atoms with Gasteiger partial charge in [0.2, 0.25) is 0 Å². The van der Waals surface area contributed by atoms with Crippen LogP contribution in [0.25, 0.3) is 0 Å². The van der Waals surface area contributed by atoms with Crippen LogP contribution in [0.2, 0.25) is 0 Å². The summed E-state index contributed by atoms with van der Waals surface area (Å²) in [6.45, 7) is 2.62. The van der Waals surface area contributed by atoms with Crippen molar-refractivity contribution in [1.29, 1.82) is 0 Å². The van der Waals surface area contributed by atoms with Crippen molar-refractivity contribution in [3.05, 3.63) is 42.4 Å². The summed E-state index contributed by atoms with van der Waals surface area (Å²) in [7, 11) is 0. The van der Waals surface area contributed by atoms with Crippen molar-refractivity contribution in [2.24, 2.45) is 0 Å². The van der Waals surface area contributed by atoms with Crippen LogP contribution in [0.3, 0.4) is 0 Å². The summed E-state index contributed by atoms with van der Waals surface area (Å²) in [6.07, 6.45) is 10.4. The predicted molar refractivity (Wildman–Crippen MR) is 91.6 cm³/mol. The topological polar surface area (TPSA) is 69.0 Å². The molecule has 24 heavy (non-hydrogen) atoms. The van der Waals surface area contributed by atoms with Gasteiger partial charge >= 0.3 is 0 Å². The molecule has 1 atom stereocenters. The molecule has 128 valence electrons. The number of nitrogens with zero attached hydrogens (tertiary/aromatic N) is 3. The van der Waals surface area contributed by atoms with Crippen LogP contribution in [0.1, 0.15) is 44.6 Å². The van der Waals surface area contributed by atoms with Gasteiger partial charge in [0.05, 0.1) is 12.6 Å². The van der Waals surface area contributed by atoms with Crippen molar-refractivity contribution in [3.63, 3.8) is 0 Å². The van der Waals surface area contributed by atoms with Gasteiger partial charge in [-0.15, -0.1) is 0 Å². The Labute approximate surface area is 142 Å². The first-order chi connectivity index (χ1) is 11.7. The summed E-state index contributed by atoms with van der Waals surface area (Å²) in [5.74, 6) is 0.445. The molecule has 6 heteroatoms. The fraction of sp³-hybridized carbons (Fsp3) is 0.500. The number of hydrogen-bond donors (Lipinski definition) is 1. The first-order valence-electron chi connectivity index (χ1n) is 8.63. The van der Waals surface area contributed by atoms with Crippen molar-refractivity contribution in [1.82, 2.24) is 14.8 Å². The normalized spacial score (nSPS) is 16.2. The summed E-state index contributed by atoms with van der Waals surface area (Å²) in [6, 6.07) is 5.70. The highest BCUT2D eigenvalue weighted by Crippen LogP contribution is 2.23. The molecule has 0 radical (unpaired) electrons. The van der Waals surface area contributed by atoms with E-state index in [4.69, 9.17) is 4.74 Å². The van der Waals surface area contributed by atoms with Gasteiger partial charge in [0, 0.05) is 24.7 Å². The van der Waals surface area contributed by atoms with Gasteiger partial charge in [0.1, 0.15) is 6.10 Å². The Morgan fingerprint density at radius 1 is 1.33 bits per heavy atom. The highest BCUT2D eigenvalue weighted by Gasteiger charge is 2.24. The molecule has 0 bridgehead atoms. The Bertz CT molecular complexity index is 650. The molecule has 1 aliphatic carbocycles. The third-order valence-corrected chi connectivity index (χ3v) is 4.31. The van der Waals surface area contributed by atoms with E-state index in [9.17, 15) is 4.79 Å². The van der Waals surface area contributed by atoms with Gasteiger partial charge < -0.3 is 10.1 Å². The molecule has 0 unspecified atom stereocenters. The number of pyridine rings is 1. The smallest absolute Gasteiger partial charge is 0.254 e. The molecule has 1 N–H and O–H groups in total. The van der Waals surface area contributed by atoms with Gasteiger partial charge in [0.15, 0.2) is 5.82 Å². The van der Waals surface area contributed by atoms with Crippen LogP contribution >= 0.6 is 0 Å². The molecule has 3 rings (SSSR count). The number of anilines is 1. The standard InChI is InChI=1S/C18H24N4O2/c1-2-16(24-15-5-3-4-6-15)18(23)20-17-9-12-22(21-17)13-14-7-10-19-11-8-14/h7-12,15-16H,2-6,13H2,1H3,(H,20,21,23)/t16-/m1/s1. The molecule has 2 heterocycles. The fourth-order valence-corrected chi connectivity index (χ4v) is 3.00. The lowest BCUT2D eigenvalue weighted by Crippen LogP contribution is -2.33. The number of carbonyl (C=O) groups excluding carboxylic acids is 1. The van der Waals surface area contributed by atoms with E-state index in [0.717, 1.165) is 18.4 Å². The van der Waals surface area contributed by atoms with Crippen LogP contribution < -0.4 is 5.32 Å². The van der Waals surface area contributed by atoms with E-state index in [0.29, 0.717) is 18.8 Å². The van der Waals surface area contributed by atoms with E-state index >= 15 is 0 Å². The molecule has 0 aromatic carbocycles. The molecule has 0 aliphatic heterocycles. The average molecular weight is 328 g/mol. The Balaban J connectivity index is 1.55. The summed E-state index contributed by atoms with van der Waals surface area (Å²) < 4.78 is 7.74. The maximum absolute atomic E-state index is 12.4. The minimum absolute atomic E-state index is 0.112. The first kappa shape index (κ1) is 16.6. The molecule has 1 saturated carbocycles. The summed E-state index contributed by atoms with van der Waals surface area (Å²) in [4.78, 5) is 16.4. The van der Waals surface area contributed by atoms with Crippen molar-refractivity contribution in [3.8, 4) is 0 Å². The highest BCUT2D eigenvalue weighted by molar-refractivity contribution is 5.93. The zero-order valence-electron chi connectivity index (χ0n) is 14.0. The van der Waals surface area contributed by atoms with Gasteiger partial charge in [-0.05, 0) is 37.0 Å². The first-order valence-corrected chi connectivity index (χ1v) is 8.63. The summed E-state index contributed by atoms with van der Waals surface area (Å²) in [5.41, 5.74) is 1.11. The number of amides is 1. The number of rotatable bonds is 7. The van der Waals surface area contributed by atoms with E-state index in [1.807, 2.05) is 25.3 Å². The van der Waals surface area contributed by atoms with Crippen molar-refractivity contribution in [2.75, 3.05) is 5.32 Å². The maximum Gasteiger partial charge on any atom is 0.254 e. The van der Waals surface area contributed by atoms with Crippen LogP contribution in [0.4, 0.5) is 5.82 Å². The lowest BCUT2D eigenvalue weighted by molar-refractivity contribution is -0.131. The van der Waals surface area contributed by atoms with E-state index in [2.05, 4.69) is 15.4 Å². The van der Waals surface area contributed by atoms with Crippen molar-refractivity contribution in [2.45, 2.75) is 57.8 Å². The molecular formula is C18H24N4O2. The van der Waals surface area contributed by atoms with Crippen LogP contribution in [-0.2, 0) is 16.1 Å². The molecule has 2 aromatic heterocycles. The Hall–Kier alpha value is -2.21. The quantitative estimate of drug-likeness (QED) is 0.848. The van der Waals surface area contributed by atoms with Crippen LogP contribution in [-0.4, -0.2) is 32.9 Å². The second-order valence-electron chi connectivity index (χ2n) is 6.18. The lowest BCUT2D eigenvalue weighted by Gasteiger charge is -2.19. The average Bonchev–Trinajstić information content (AvgIpc) is 3.25.